The Morgan fingerprint density at radius 3 is 2.69 bits per heavy atom. The van der Waals surface area contributed by atoms with E-state index in [1.54, 1.807) is 23.5 Å². The van der Waals surface area contributed by atoms with E-state index in [4.69, 9.17) is 32.7 Å². The molecule has 0 saturated carbocycles. The highest BCUT2D eigenvalue weighted by atomic mass is 35.5. The van der Waals surface area contributed by atoms with E-state index in [2.05, 4.69) is 27.6 Å². The fraction of sp³-hybridized carbons (Fsp3) is 0.290. The smallest absolute Gasteiger partial charge is 0.245 e. The minimum atomic E-state index is -0.624. The van der Waals surface area contributed by atoms with Crippen LogP contribution < -0.4 is 5.32 Å². The van der Waals surface area contributed by atoms with Crippen LogP contribution in [0.3, 0.4) is 0 Å². The highest BCUT2D eigenvalue weighted by Crippen LogP contribution is 2.35. The van der Waals surface area contributed by atoms with Gasteiger partial charge in [-0.1, -0.05) is 46.1 Å². The highest BCUT2D eigenvalue weighted by Gasteiger charge is 2.31. The minimum absolute atomic E-state index is 0.0537. The van der Waals surface area contributed by atoms with E-state index in [0.29, 0.717) is 41.0 Å². The summed E-state index contributed by atoms with van der Waals surface area (Å²) in [6.45, 7) is 4.70. The van der Waals surface area contributed by atoms with E-state index in [-0.39, 0.29) is 17.7 Å². The third-order valence-corrected chi connectivity index (χ3v) is 9.42. The Hall–Kier alpha value is -3.66. The van der Waals surface area contributed by atoms with Crippen LogP contribution in [0.2, 0.25) is 10.0 Å². The van der Waals surface area contributed by atoms with Crippen molar-refractivity contribution in [3.8, 4) is 22.7 Å². The number of piperidine rings is 1. The molecule has 0 spiro atoms. The van der Waals surface area contributed by atoms with E-state index in [0.717, 1.165) is 51.1 Å². The van der Waals surface area contributed by atoms with Crippen molar-refractivity contribution in [2.75, 3.05) is 13.1 Å². The monoisotopic (exact) mass is 621 g/mol. The zero-order valence-electron chi connectivity index (χ0n) is 23.1. The van der Waals surface area contributed by atoms with Crippen LogP contribution in [0.4, 0.5) is 0 Å². The summed E-state index contributed by atoms with van der Waals surface area (Å²) in [6.07, 6.45) is 3.95. The van der Waals surface area contributed by atoms with Crippen LogP contribution in [0.1, 0.15) is 41.8 Å². The molecule has 5 aromatic rings. The third kappa shape index (κ3) is 5.95. The molecule has 0 radical (unpaired) electrons. The first-order valence-corrected chi connectivity index (χ1v) is 15.4. The van der Waals surface area contributed by atoms with Crippen LogP contribution in [-0.2, 0) is 16.0 Å². The van der Waals surface area contributed by atoms with E-state index in [1.807, 2.05) is 41.6 Å². The van der Waals surface area contributed by atoms with Crippen LogP contribution in [0, 0.1) is 6.92 Å². The van der Waals surface area contributed by atoms with Gasteiger partial charge in [0.1, 0.15) is 17.4 Å². The zero-order chi connectivity index (χ0) is 29.4. The van der Waals surface area contributed by atoms with E-state index in [1.165, 1.54) is 6.92 Å². The summed E-state index contributed by atoms with van der Waals surface area (Å²) < 4.78 is 5.59. The molecule has 2 N–H and O–H groups in total. The Bertz CT molecular complexity index is 1770. The van der Waals surface area contributed by atoms with Crippen molar-refractivity contribution in [2.24, 2.45) is 0 Å². The number of aromatic nitrogens is 3. The number of amides is 2. The van der Waals surface area contributed by atoms with Crippen LogP contribution in [-0.4, -0.2) is 51.0 Å². The van der Waals surface area contributed by atoms with Crippen LogP contribution in [0.15, 0.2) is 58.6 Å². The second-order valence-corrected chi connectivity index (χ2v) is 12.4. The van der Waals surface area contributed by atoms with Crippen molar-refractivity contribution in [3.63, 3.8) is 0 Å². The van der Waals surface area contributed by atoms with Crippen LogP contribution >= 0.6 is 34.5 Å². The number of H-pyrrole nitrogens is 1. The molecule has 42 heavy (non-hydrogen) atoms. The van der Waals surface area contributed by atoms with Crippen molar-refractivity contribution in [3.05, 3.63) is 80.2 Å². The SMILES string of the molecule is CC(=O)NC(Cc1c[nH]c2ccc(C)cc12)C(=O)N1CCC(c2nc(-c3cc(-c4ccc(Cl)c(Cl)c4)no3)cs2)CC1. The van der Waals surface area contributed by atoms with E-state index < -0.39 is 6.04 Å². The summed E-state index contributed by atoms with van der Waals surface area (Å²) in [4.78, 5) is 35.6. The standard InChI is InChI=1S/C31H29Cl2N5O3S/c1-17-3-6-25-22(11-17)21(15-34-25)13-27(35-18(2)39)31(40)38-9-7-19(8-10-38)30-36-28(16-42-30)29-14-26(37-41-29)20-4-5-23(32)24(33)12-20/h3-6,11-12,14-16,19,27,34H,7-10,13H2,1-2H3,(H,35,39). The fourth-order valence-corrected chi connectivity index (χ4v) is 6.75. The average molecular weight is 623 g/mol. The summed E-state index contributed by atoms with van der Waals surface area (Å²) >= 11 is 13.8. The second kappa shape index (κ2) is 11.9. The van der Waals surface area contributed by atoms with E-state index in [9.17, 15) is 9.59 Å². The predicted molar refractivity (Wildman–Crippen MR) is 166 cm³/mol. The van der Waals surface area contributed by atoms with Gasteiger partial charge in [0.25, 0.3) is 0 Å². The molecule has 2 amide bonds. The molecule has 1 aliphatic rings. The number of benzene rings is 2. The number of carbonyl (C=O) groups is 2. The van der Waals surface area contributed by atoms with Crippen molar-refractivity contribution in [1.29, 1.82) is 0 Å². The maximum absolute atomic E-state index is 13.6. The number of hydrogen-bond acceptors (Lipinski definition) is 6. The summed E-state index contributed by atoms with van der Waals surface area (Å²) in [5, 5.41) is 12.1. The van der Waals surface area contributed by atoms with Gasteiger partial charge in [-0.15, -0.1) is 11.3 Å². The maximum Gasteiger partial charge on any atom is 0.245 e. The quantitative estimate of drug-likeness (QED) is 0.203. The minimum Gasteiger partial charge on any atom is -0.361 e. The molecule has 4 heterocycles. The number of nitrogens with one attached hydrogen (secondary N) is 2. The number of rotatable bonds is 7. The van der Waals surface area contributed by atoms with Crippen molar-refractivity contribution in [1.82, 2.24) is 25.3 Å². The molecule has 11 heteroatoms. The number of aryl methyl sites for hydroxylation is 1. The lowest BCUT2D eigenvalue weighted by atomic mass is 9.96. The molecule has 0 bridgehead atoms. The topological polar surface area (TPSA) is 104 Å². The molecule has 1 fully saturated rings. The molecule has 1 saturated heterocycles. The molecule has 8 nitrogen and oxygen atoms in total. The van der Waals surface area contributed by atoms with Gasteiger partial charge in [-0.05, 0) is 49.6 Å². The number of fused-ring (bicyclic) bond motifs is 1. The first-order valence-electron chi connectivity index (χ1n) is 13.8. The Labute approximate surface area is 257 Å². The third-order valence-electron chi connectivity index (χ3n) is 7.68. The molecule has 0 aliphatic carbocycles. The van der Waals surface area contributed by atoms with Crippen molar-refractivity contribution >= 4 is 57.3 Å². The van der Waals surface area contributed by atoms with Gasteiger partial charge in [0, 0.05) is 66.5 Å². The average Bonchev–Trinajstić information content (AvgIpc) is 3.74. The van der Waals surface area contributed by atoms with Gasteiger partial charge in [-0.25, -0.2) is 4.98 Å². The Morgan fingerprint density at radius 1 is 1.12 bits per heavy atom. The fourth-order valence-electron chi connectivity index (χ4n) is 5.47. The molecule has 1 atom stereocenters. The second-order valence-electron chi connectivity index (χ2n) is 10.7. The summed E-state index contributed by atoms with van der Waals surface area (Å²) in [6, 6.07) is 12.7. The van der Waals surface area contributed by atoms with Gasteiger partial charge >= 0.3 is 0 Å². The molecule has 1 aliphatic heterocycles. The number of nitrogens with zero attached hydrogens (tertiary/aromatic N) is 3. The molecular weight excluding hydrogens is 593 g/mol. The van der Waals surface area contributed by atoms with Gasteiger partial charge in [-0.2, -0.15) is 0 Å². The number of thiazole rings is 1. The lowest BCUT2D eigenvalue weighted by molar-refractivity contribution is -0.137. The predicted octanol–water partition coefficient (Wildman–Crippen LogP) is 7.02. The summed E-state index contributed by atoms with van der Waals surface area (Å²) in [5.74, 6) is 0.546. The van der Waals surface area contributed by atoms with Gasteiger partial charge in [0.2, 0.25) is 11.8 Å². The van der Waals surface area contributed by atoms with Gasteiger partial charge in [0.15, 0.2) is 5.76 Å². The molecule has 3 aromatic heterocycles. The van der Waals surface area contributed by atoms with Crippen molar-refractivity contribution < 1.29 is 14.1 Å². The largest absolute Gasteiger partial charge is 0.361 e. The van der Waals surface area contributed by atoms with Gasteiger partial charge < -0.3 is 19.7 Å². The van der Waals surface area contributed by atoms with Crippen LogP contribution in [0.25, 0.3) is 33.6 Å². The van der Waals surface area contributed by atoms with Crippen LogP contribution in [0.5, 0.6) is 0 Å². The van der Waals surface area contributed by atoms with Crippen molar-refractivity contribution in [2.45, 2.75) is 45.1 Å². The number of halogens is 2. The zero-order valence-corrected chi connectivity index (χ0v) is 25.4. The van der Waals surface area contributed by atoms with E-state index >= 15 is 0 Å². The Morgan fingerprint density at radius 2 is 1.93 bits per heavy atom. The molecule has 216 valence electrons. The number of aromatic amines is 1. The normalized spacial score (nSPS) is 14.8. The first kappa shape index (κ1) is 28.5. The number of carbonyl (C=O) groups excluding carboxylic acids is 2. The van der Waals surface area contributed by atoms with Gasteiger partial charge in [-0.3, -0.25) is 9.59 Å². The number of likely N-dealkylation sites (tertiary alicyclic amines) is 1. The Kier molecular flexibility index (Phi) is 8.07. The number of hydrogen-bond donors (Lipinski definition) is 2. The molecule has 6 rings (SSSR count). The maximum atomic E-state index is 13.6. The summed E-state index contributed by atoms with van der Waals surface area (Å²) in [7, 11) is 0. The highest BCUT2D eigenvalue weighted by molar-refractivity contribution is 7.10. The first-order chi connectivity index (χ1) is 20.2. The molecule has 2 aromatic carbocycles. The summed E-state index contributed by atoms with van der Waals surface area (Å²) in [5.41, 5.74) is 5.37. The van der Waals surface area contributed by atoms with Gasteiger partial charge in [0.05, 0.1) is 15.1 Å². The lowest BCUT2D eigenvalue weighted by Crippen LogP contribution is -2.51. The molecule has 1 unspecified atom stereocenters. The Balaban J connectivity index is 1.11. The lowest BCUT2D eigenvalue weighted by Gasteiger charge is -2.33. The molecular formula is C31H29Cl2N5O3S.